The van der Waals surface area contributed by atoms with Crippen molar-refractivity contribution in [3.8, 4) is 6.07 Å². The minimum atomic E-state index is -1.39. The molecule has 0 saturated heterocycles. The molecular weight excluding hydrogens is 241 g/mol. The minimum absolute atomic E-state index is 0.248. The maximum atomic E-state index is 13.2. The van der Waals surface area contributed by atoms with Crippen molar-refractivity contribution < 1.29 is 14.3 Å². The summed E-state index contributed by atoms with van der Waals surface area (Å²) in [7, 11) is 0. The van der Waals surface area contributed by atoms with E-state index in [-0.39, 0.29) is 10.0 Å². The monoisotopic (exact) mass is 243 g/mol. The SMILES string of the molecule is N#Cc1c(Br)ccc(C(=O)O)c1F. The molecule has 1 N–H and O–H groups in total. The van der Waals surface area contributed by atoms with E-state index < -0.39 is 17.3 Å². The van der Waals surface area contributed by atoms with Crippen LogP contribution in [-0.4, -0.2) is 11.1 Å². The Kier molecular flexibility index (Phi) is 2.63. The number of carboxylic acids is 1. The van der Waals surface area contributed by atoms with E-state index in [9.17, 15) is 9.18 Å². The second-order valence-corrected chi connectivity index (χ2v) is 3.06. The molecule has 0 bridgehead atoms. The Hall–Kier alpha value is -1.41. The van der Waals surface area contributed by atoms with Crippen molar-refractivity contribution in [2.75, 3.05) is 0 Å². The average molecular weight is 244 g/mol. The van der Waals surface area contributed by atoms with Gasteiger partial charge in [-0.2, -0.15) is 5.26 Å². The van der Waals surface area contributed by atoms with Gasteiger partial charge in [0.1, 0.15) is 11.6 Å². The number of hydrogen-bond acceptors (Lipinski definition) is 2. The van der Waals surface area contributed by atoms with Crippen LogP contribution in [0.3, 0.4) is 0 Å². The number of halogens is 2. The van der Waals surface area contributed by atoms with Gasteiger partial charge < -0.3 is 5.11 Å². The highest BCUT2D eigenvalue weighted by Crippen LogP contribution is 2.21. The van der Waals surface area contributed by atoms with Gasteiger partial charge in [0.2, 0.25) is 0 Å². The lowest BCUT2D eigenvalue weighted by atomic mass is 10.1. The van der Waals surface area contributed by atoms with Gasteiger partial charge in [-0.05, 0) is 28.1 Å². The van der Waals surface area contributed by atoms with Gasteiger partial charge in [0, 0.05) is 4.47 Å². The van der Waals surface area contributed by atoms with Crippen LogP contribution in [0.4, 0.5) is 4.39 Å². The van der Waals surface area contributed by atoms with Gasteiger partial charge in [0.05, 0.1) is 5.56 Å². The smallest absolute Gasteiger partial charge is 0.338 e. The normalized spacial score (nSPS) is 9.31. The summed E-state index contributed by atoms with van der Waals surface area (Å²) in [5.74, 6) is -2.40. The molecule has 0 atom stereocenters. The van der Waals surface area contributed by atoms with Crippen LogP contribution >= 0.6 is 15.9 Å². The fourth-order valence-electron chi connectivity index (χ4n) is 0.820. The van der Waals surface area contributed by atoms with Crippen LogP contribution in [0.5, 0.6) is 0 Å². The van der Waals surface area contributed by atoms with Crippen LogP contribution in [0.15, 0.2) is 16.6 Å². The summed E-state index contributed by atoms with van der Waals surface area (Å²) in [4.78, 5) is 10.4. The third-order valence-electron chi connectivity index (χ3n) is 1.43. The predicted molar refractivity (Wildman–Crippen MR) is 45.8 cm³/mol. The summed E-state index contributed by atoms with van der Waals surface area (Å²) in [5.41, 5.74) is -0.792. The maximum absolute atomic E-state index is 13.2. The average Bonchev–Trinajstić information content (AvgIpc) is 2.04. The minimum Gasteiger partial charge on any atom is -0.478 e. The highest BCUT2D eigenvalue weighted by molar-refractivity contribution is 9.10. The molecule has 0 fully saturated rings. The lowest BCUT2D eigenvalue weighted by Gasteiger charge is -2.00. The van der Waals surface area contributed by atoms with Crippen molar-refractivity contribution in [1.29, 1.82) is 5.26 Å². The zero-order chi connectivity index (χ0) is 10.0. The molecule has 0 aromatic heterocycles. The molecule has 1 aromatic rings. The largest absolute Gasteiger partial charge is 0.478 e. The second kappa shape index (κ2) is 3.54. The molecule has 0 radical (unpaired) electrons. The highest BCUT2D eigenvalue weighted by atomic mass is 79.9. The van der Waals surface area contributed by atoms with Crippen molar-refractivity contribution in [2.24, 2.45) is 0 Å². The van der Waals surface area contributed by atoms with E-state index in [4.69, 9.17) is 10.4 Å². The van der Waals surface area contributed by atoms with Crippen LogP contribution in [0.25, 0.3) is 0 Å². The Morgan fingerprint density at radius 2 is 2.23 bits per heavy atom. The lowest BCUT2D eigenvalue weighted by molar-refractivity contribution is 0.0692. The molecule has 1 rings (SSSR count). The van der Waals surface area contributed by atoms with Gasteiger partial charge in [-0.25, -0.2) is 9.18 Å². The molecule has 5 heteroatoms. The standard InChI is InChI=1S/C8H3BrFNO2/c9-6-2-1-4(8(12)13)7(10)5(6)3-11/h1-2H,(H,12,13). The molecule has 66 valence electrons. The zero-order valence-corrected chi connectivity index (χ0v) is 7.80. The molecule has 0 aliphatic rings. The van der Waals surface area contributed by atoms with Crippen LogP contribution in [0.1, 0.15) is 15.9 Å². The fraction of sp³-hybridized carbons (Fsp3) is 0. The van der Waals surface area contributed by atoms with Gasteiger partial charge in [-0.1, -0.05) is 0 Å². The van der Waals surface area contributed by atoms with Crippen LogP contribution in [-0.2, 0) is 0 Å². The van der Waals surface area contributed by atoms with E-state index in [1.54, 1.807) is 6.07 Å². The maximum Gasteiger partial charge on any atom is 0.338 e. The van der Waals surface area contributed by atoms with Crippen LogP contribution in [0.2, 0.25) is 0 Å². The van der Waals surface area contributed by atoms with Gasteiger partial charge in [-0.15, -0.1) is 0 Å². The number of carboxylic acid groups (broad SMARTS) is 1. The summed E-state index contributed by atoms with van der Waals surface area (Å²) < 4.78 is 13.4. The first-order chi connectivity index (χ1) is 6.07. The van der Waals surface area contributed by atoms with Crippen molar-refractivity contribution in [1.82, 2.24) is 0 Å². The number of nitrogens with zero attached hydrogens (tertiary/aromatic N) is 1. The van der Waals surface area contributed by atoms with Gasteiger partial charge in [0.15, 0.2) is 5.82 Å². The number of hydrogen-bond donors (Lipinski definition) is 1. The van der Waals surface area contributed by atoms with Gasteiger partial charge in [-0.3, -0.25) is 0 Å². The molecule has 3 nitrogen and oxygen atoms in total. The summed E-state index contributed by atoms with van der Waals surface area (Å²) in [5, 5.41) is 17.0. The second-order valence-electron chi connectivity index (χ2n) is 2.20. The molecule has 0 spiro atoms. The first-order valence-electron chi connectivity index (χ1n) is 3.19. The number of benzene rings is 1. The van der Waals surface area contributed by atoms with E-state index >= 15 is 0 Å². The van der Waals surface area contributed by atoms with Crippen LogP contribution in [0, 0.1) is 17.1 Å². The van der Waals surface area contributed by atoms with E-state index in [0.717, 1.165) is 6.07 Å². The summed E-state index contributed by atoms with van der Waals surface area (Å²) >= 11 is 2.94. The Bertz CT molecular complexity index is 411. The van der Waals surface area contributed by atoms with E-state index in [1.165, 1.54) is 6.07 Å². The molecule has 1 aromatic carbocycles. The number of carbonyl (C=O) groups is 1. The molecule has 0 aliphatic heterocycles. The number of aromatic carboxylic acids is 1. The number of rotatable bonds is 1. The Balaban J connectivity index is 3.47. The Morgan fingerprint density at radius 1 is 1.62 bits per heavy atom. The number of nitriles is 1. The molecule has 0 amide bonds. The van der Waals surface area contributed by atoms with Crippen molar-refractivity contribution in [2.45, 2.75) is 0 Å². The van der Waals surface area contributed by atoms with Crippen molar-refractivity contribution in [3.63, 3.8) is 0 Å². The van der Waals surface area contributed by atoms with Crippen LogP contribution < -0.4 is 0 Å². The van der Waals surface area contributed by atoms with Crippen molar-refractivity contribution in [3.05, 3.63) is 33.5 Å². The Morgan fingerprint density at radius 3 is 2.69 bits per heavy atom. The zero-order valence-electron chi connectivity index (χ0n) is 6.21. The molecule has 13 heavy (non-hydrogen) atoms. The molecule has 0 aliphatic carbocycles. The van der Waals surface area contributed by atoms with Crippen molar-refractivity contribution >= 4 is 21.9 Å². The van der Waals surface area contributed by atoms with E-state index in [0.29, 0.717) is 0 Å². The third kappa shape index (κ3) is 1.68. The third-order valence-corrected chi connectivity index (χ3v) is 2.09. The quantitative estimate of drug-likeness (QED) is 0.823. The summed E-state index contributed by atoms with van der Waals surface area (Å²) in [6, 6.07) is 4.00. The Labute approximate surface area is 81.5 Å². The summed E-state index contributed by atoms with van der Waals surface area (Å²) in [6.07, 6.45) is 0. The highest BCUT2D eigenvalue weighted by Gasteiger charge is 2.16. The first kappa shape index (κ1) is 9.68. The first-order valence-corrected chi connectivity index (χ1v) is 3.98. The molecular formula is C8H3BrFNO2. The van der Waals surface area contributed by atoms with Gasteiger partial charge >= 0.3 is 5.97 Å². The molecule has 0 saturated carbocycles. The predicted octanol–water partition coefficient (Wildman–Crippen LogP) is 2.16. The summed E-state index contributed by atoms with van der Waals surface area (Å²) in [6.45, 7) is 0. The molecule has 0 unspecified atom stereocenters. The van der Waals surface area contributed by atoms with E-state index in [1.807, 2.05) is 0 Å². The van der Waals surface area contributed by atoms with E-state index in [2.05, 4.69) is 15.9 Å². The fourth-order valence-corrected chi connectivity index (χ4v) is 1.22. The van der Waals surface area contributed by atoms with Gasteiger partial charge in [0.25, 0.3) is 0 Å². The lowest BCUT2D eigenvalue weighted by Crippen LogP contribution is -2.02. The molecule has 0 heterocycles. The topological polar surface area (TPSA) is 61.1 Å².